The van der Waals surface area contributed by atoms with Crippen LogP contribution in [-0.4, -0.2) is 24.8 Å². The van der Waals surface area contributed by atoms with Gasteiger partial charge in [-0.2, -0.15) is 8.78 Å². The summed E-state index contributed by atoms with van der Waals surface area (Å²) in [7, 11) is 1.33. The molecule has 1 rings (SSSR count). The third kappa shape index (κ3) is 3.66. The Morgan fingerprint density at radius 3 is 2.71 bits per heavy atom. The summed E-state index contributed by atoms with van der Waals surface area (Å²) < 4.78 is 33.8. The van der Waals surface area contributed by atoms with E-state index in [0.29, 0.717) is 5.33 Å². The van der Waals surface area contributed by atoms with Gasteiger partial charge in [-0.1, -0.05) is 22.0 Å². The van der Waals surface area contributed by atoms with E-state index in [2.05, 4.69) is 20.7 Å². The van der Waals surface area contributed by atoms with Gasteiger partial charge >= 0.3 is 6.61 Å². The summed E-state index contributed by atoms with van der Waals surface area (Å²) in [5, 5.41) is 0.456. The zero-order valence-corrected chi connectivity index (χ0v) is 10.7. The van der Waals surface area contributed by atoms with Crippen molar-refractivity contribution in [3.8, 4) is 11.5 Å². The average molecular weight is 309 g/mol. The number of Topliss-reactive ketones (excluding diaryl/α,β-unsaturated/α-hetero) is 1. The first-order valence-electron chi connectivity index (χ1n) is 4.81. The van der Waals surface area contributed by atoms with Crippen molar-refractivity contribution in [3.63, 3.8) is 0 Å². The first-order valence-corrected chi connectivity index (χ1v) is 5.93. The summed E-state index contributed by atoms with van der Waals surface area (Å²) in [5.41, 5.74) is 0.101. The number of ketones is 1. The van der Waals surface area contributed by atoms with Gasteiger partial charge in [-0.3, -0.25) is 4.79 Å². The maximum Gasteiger partial charge on any atom is 0.387 e. The first kappa shape index (κ1) is 13.9. The van der Waals surface area contributed by atoms with Crippen LogP contribution in [-0.2, 0) is 0 Å². The van der Waals surface area contributed by atoms with Crippen molar-refractivity contribution in [3.05, 3.63) is 23.8 Å². The number of carbonyl (C=O) groups excluding carboxylic acids is 1. The van der Waals surface area contributed by atoms with E-state index in [4.69, 9.17) is 4.74 Å². The van der Waals surface area contributed by atoms with Gasteiger partial charge in [0.05, 0.1) is 12.7 Å². The van der Waals surface area contributed by atoms with E-state index in [-0.39, 0.29) is 29.3 Å². The summed E-state index contributed by atoms with van der Waals surface area (Å²) in [6.45, 7) is -3.00. The second kappa shape index (κ2) is 6.54. The van der Waals surface area contributed by atoms with Gasteiger partial charge in [-0.05, 0) is 12.1 Å². The number of alkyl halides is 3. The van der Waals surface area contributed by atoms with Crippen LogP contribution in [0, 0.1) is 0 Å². The lowest BCUT2D eigenvalue weighted by molar-refractivity contribution is -0.0515. The van der Waals surface area contributed by atoms with E-state index in [1.807, 2.05) is 0 Å². The molecule has 0 radical (unpaired) electrons. The van der Waals surface area contributed by atoms with Gasteiger partial charge in [0.15, 0.2) is 17.3 Å². The molecule has 0 spiro atoms. The fourth-order valence-electron chi connectivity index (χ4n) is 1.33. The number of hydrogen-bond acceptors (Lipinski definition) is 3. The molecule has 0 heterocycles. The molecule has 0 atom stereocenters. The third-order valence-electron chi connectivity index (χ3n) is 2.03. The van der Waals surface area contributed by atoms with Gasteiger partial charge in [0, 0.05) is 11.8 Å². The van der Waals surface area contributed by atoms with Crippen molar-refractivity contribution in [2.45, 2.75) is 13.0 Å². The van der Waals surface area contributed by atoms with Crippen LogP contribution in [0.1, 0.15) is 16.8 Å². The Kier molecular flexibility index (Phi) is 5.34. The lowest BCUT2D eigenvalue weighted by Crippen LogP contribution is -2.09. The Labute approximate surface area is 106 Å². The zero-order chi connectivity index (χ0) is 12.8. The summed E-state index contributed by atoms with van der Waals surface area (Å²) in [6, 6.07) is 4.45. The Balaban J connectivity index is 3.14. The number of rotatable bonds is 6. The average Bonchev–Trinajstić information content (AvgIpc) is 2.28. The van der Waals surface area contributed by atoms with E-state index in [9.17, 15) is 13.6 Å². The zero-order valence-electron chi connectivity index (χ0n) is 9.08. The molecule has 0 aliphatic heterocycles. The van der Waals surface area contributed by atoms with Crippen LogP contribution in [0.25, 0.3) is 0 Å². The number of benzene rings is 1. The molecule has 1 aromatic carbocycles. The molecule has 0 saturated carbocycles. The van der Waals surface area contributed by atoms with E-state index >= 15 is 0 Å². The van der Waals surface area contributed by atoms with Crippen LogP contribution in [0.2, 0.25) is 0 Å². The van der Waals surface area contributed by atoms with Crippen molar-refractivity contribution >= 4 is 21.7 Å². The lowest BCUT2D eigenvalue weighted by atomic mass is 10.1. The van der Waals surface area contributed by atoms with Crippen LogP contribution in [0.3, 0.4) is 0 Å². The minimum atomic E-state index is -3.00. The molecule has 6 heteroatoms. The number of hydrogen-bond donors (Lipinski definition) is 0. The van der Waals surface area contributed by atoms with E-state index in [1.165, 1.54) is 19.2 Å². The molecule has 0 bridgehead atoms. The molecule has 0 N–H and O–H groups in total. The molecule has 0 unspecified atom stereocenters. The van der Waals surface area contributed by atoms with E-state index in [1.54, 1.807) is 6.07 Å². The molecule has 0 aliphatic carbocycles. The Morgan fingerprint density at radius 2 is 2.18 bits per heavy atom. The highest BCUT2D eigenvalue weighted by Gasteiger charge is 2.19. The Hall–Kier alpha value is -1.17. The molecule has 3 nitrogen and oxygen atoms in total. The largest absolute Gasteiger partial charge is 0.493 e. The van der Waals surface area contributed by atoms with Crippen molar-refractivity contribution in [2.75, 3.05) is 12.4 Å². The van der Waals surface area contributed by atoms with Crippen molar-refractivity contribution in [1.29, 1.82) is 0 Å². The Morgan fingerprint density at radius 1 is 1.47 bits per heavy atom. The smallest absolute Gasteiger partial charge is 0.387 e. The summed E-state index contributed by atoms with van der Waals surface area (Å²) in [4.78, 5) is 11.7. The minimum absolute atomic E-state index is 0.101. The van der Waals surface area contributed by atoms with Gasteiger partial charge in [0.25, 0.3) is 0 Å². The summed E-state index contributed by atoms with van der Waals surface area (Å²) in [6.07, 6.45) is 0.201. The minimum Gasteiger partial charge on any atom is -0.493 e. The molecule has 1 aromatic rings. The van der Waals surface area contributed by atoms with Crippen LogP contribution in [0.5, 0.6) is 11.5 Å². The highest BCUT2D eigenvalue weighted by atomic mass is 79.9. The molecule has 0 fully saturated rings. The molecule has 0 amide bonds. The molecule has 94 valence electrons. The second-order valence-corrected chi connectivity index (χ2v) is 3.87. The highest BCUT2D eigenvalue weighted by Crippen LogP contribution is 2.33. The maximum atomic E-state index is 12.3. The summed E-state index contributed by atoms with van der Waals surface area (Å²) in [5.74, 6) is -0.377. The predicted molar refractivity (Wildman–Crippen MR) is 62.4 cm³/mol. The van der Waals surface area contributed by atoms with Crippen LogP contribution in [0.15, 0.2) is 18.2 Å². The number of para-hydroxylation sites is 1. The van der Waals surface area contributed by atoms with Gasteiger partial charge in [0.2, 0.25) is 0 Å². The second-order valence-electron chi connectivity index (χ2n) is 3.08. The van der Waals surface area contributed by atoms with E-state index in [0.717, 1.165) is 0 Å². The van der Waals surface area contributed by atoms with Crippen molar-refractivity contribution < 1.29 is 23.0 Å². The van der Waals surface area contributed by atoms with E-state index < -0.39 is 6.61 Å². The molecule has 17 heavy (non-hydrogen) atoms. The molecule has 0 saturated heterocycles. The summed E-state index contributed by atoms with van der Waals surface area (Å²) >= 11 is 3.12. The third-order valence-corrected chi connectivity index (χ3v) is 2.42. The SMILES string of the molecule is COc1cccc(C(=O)CCBr)c1OC(F)F. The Bertz CT molecular complexity index is 396. The van der Waals surface area contributed by atoms with Crippen LogP contribution < -0.4 is 9.47 Å². The number of methoxy groups -OCH3 is 1. The number of ether oxygens (including phenoxy) is 2. The van der Waals surface area contributed by atoms with Gasteiger partial charge in [-0.25, -0.2) is 0 Å². The fourth-order valence-corrected chi connectivity index (χ4v) is 1.69. The van der Waals surface area contributed by atoms with Crippen LogP contribution in [0.4, 0.5) is 8.78 Å². The van der Waals surface area contributed by atoms with Crippen LogP contribution >= 0.6 is 15.9 Å². The first-order chi connectivity index (χ1) is 8.10. The topological polar surface area (TPSA) is 35.5 Å². The molecular weight excluding hydrogens is 298 g/mol. The van der Waals surface area contributed by atoms with Gasteiger partial charge in [-0.15, -0.1) is 0 Å². The van der Waals surface area contributed by atoms with Crippen molar-refractivity contribution in [2.24, 2.45) is 0 Å². The van der Waals surface area contributed by atoms with Gasteiger partial charge in [0.1, 0.15) is 0 Å². The molecule has 0 aliphatic rings. The fraction of sp³-hybridized carbons (Fsp3) is 0.364. The quantitative estimate of drug-likeness (QED) is 0.598. The number of halogens is 3. The lowest BCUT2D eigenvalue weighted by Gasteiger charge is -2.13. The maximum absolute atomic E-state index is 12.3. The molecular formula is C11H11BrF2O3. The van der Waals surface area contributed by atoms with Gasteiger partial charge < -0.3 is 9.47 Å². The molecule has 0 aromatic heterocycles. The van der Waals surface area contributed by atoms with Crippen molar-refractivity contribution in [1.82, 2.24) is 0 Å². The normalized spacial score (nSPS) is 10.4. The standard InChI is InChI=1S/C11H11BrF2O3/c1-16-9-4-2-3-7(8(15)5-6-12)10(9)17-11(13)14/h2-4,11H,5-6H2,1H3. The highest BCUT2D eigenvalue weighted by molar-refractivity contribution is 9.09. The monoisotopic (exact) mass is 308 g/mol. The predicted octanol–water partition coefficient (Wildman–Crippen LogP) is 3.26. The number of carbonyl (C=O) groups is 1.